The van der Waals surface area contributed by atoms with Gasteiger partial charge in [0.25, 0.3) is 0 Å². The third-order valence-corrected chi connectivity index (χ3v) is 6.75. The maximum Gasteiger partial charge on any atom is 0.416 e. The van der Waals surface area contributed by atoms with E-state index in [0.717, 1.165) is 35.9 Å². The van der Waals surface area contributed by atoms with Crippen LogP contribution >= 0.6 is 11.6 Å². The second-order valence-electron chi connectivity index (χ2n) is 9.30. The first-order valence-corrected chi connectivity index (χ1v) is 12.9. The van der Waals surface area contributed by atoms with Crippen LogP contribution in [-0.4, -0.2) is 30.3 Å². The maximum absolute atomic E-state index is 14.9. The zero-order valence-electron chi connectivity index (χ0n) is 21.6. The molecule has 0 bridgehead atoms. The van der Waals surface area contributed by atoms with Crippen molar-refractivity contribution in [2.24, 2.45) is 5.92 Å². The van der Waals surface area contributed by atoms with Crippen molar-refractivity contribution in [1.29, 1.82) is 0 Å². The van der Waals surface area contributed by atoms with Gasteiger partial charge in [-0.25, -0.2) is 4.39 Å². The Bertz CT molecular complexity index is 1250. The highest BCUT2D eigenvalue weighted by Crippen LogP contribution is 2.37. The van der Waals surface area contributed by atoms with Crippen LogP contribution in [0.5, 0.6) is 5.75 Å². The molecule has 10 heteroatoms. The normalized spacial score (nSPS) is 13.1. The number of benzene rings is 3. The molecule has 0 fully saturated rings. The lowest BCUT2D eigenvalue weighted by molar-refractivity contribution is -0.138. The van der Waals surface area contributed by atoms with Gasteiger partial charge in [-0.1, -0.05) is 50.1 Å². The Balaban J connectivity index is 1.63. The summed E-state index contributed by atoms with van der Waals surface area (Å²) in [5.74, 6) is -0.980. The molecule has 3 aromatic carbocycles. The molecule has 39 heavy (non-hydrogen) atoms. The number of halogens is 5. The Kier molecular flexibility index (Phi) is 10.6. The van der Waals surface area contributed by atoms with Gasteiger partial charge in [0, 0.05) is 41.0 Å². The van der Waals surface area contributed by atoms with E-state index in [-0.39, 0.29) is 46.9 Å². The predicted octanol–water partition coefficient (Wildman–Crippen LogP) is 7.63. The molecule has 0 unspecified atom stereocenters. The van der Waals surface area contributed by atoms with E-state index < -0.39 is 23.5 Å². The molecule has 0 aliphatic rings. The predicted molar refractivity (Wildman–Crippen MR) is 145 cm³/mol. The van der Waals surface area contributed by atoms with Gasteiger partial charge < -0.3 is 20.5 Å². The number of carboxylic acids is 1. The van der Waals surface area contributed by atoms with E-state index in [1.54, 1.807) is 6.07 Å². The smallest absolute Gasteiger partial charge is 0.416 e. The highest BCUT2D eigenvalue weighted by molar-refractivity contribution is 6.33. The number of carbonyl (C=O) groups is 1. The lowest BCUT2D eigenvalue weighted by Crippen LogP contribution is -2.33. The van der Waals surface area contributed by atoms with Gasteiger partial charge in [0.05, 0.1) is 18.0 Å². The number of anilines is 1. The van der Waals surface area contributed by atoms with Crippen LogP contribution in [0.15, 0.2) is 60.7 Å². The molecule has 2 atom stereocenters. The summed E-state index contributed by atoms with van der Waals surface area (Å²) in [6.07, 6.45) is -3.60. The molecular formula is C29H31ClF4N2O3. The van der Waals surface area contributed by atoms with E-state index in [0.29, 0.717) is 13.1 Å². The number of aliphatic carboxylic acids is 1. The summed E-state index contributed by atoms with van der Waals surface area (Å²) < 4.78 is 59.6. The summed E-state index contributed by atoms with van der Waals surface area (Å²) >= 11 is 6.03. The van der Waals surface area contributed by atoms with Crippen molar-refractivity contribution in [2.45, 2.75) is 45.5 Å². The summed E-state index contributed by atoms with van der Waals surface area (Å²) in [6, 6.07) is 14.7. The number of carboxylic acid groups (broad SMARTS) is 1. The molecule has 0 aliphatic heterocycles. The molecule has 0 aliphatic carbocycles. The number of rotatable bonds is 13. The van der Waals surface area contributed by atoms with Crippen molar-refractivity contribution in [3.05, 3.63) is 82.6 Å². The van der Waals surface area contributed by atoms with Gasteiger partial charge in [0.15, 0.2) is 0 Å². The SMILES string of the molecule is CC[C@H](C)[C@@H](COc1ccc(-c2ccc(C(F)(F)F)cc2Cl)c(F)c1)Nc1ccc(CNCCC(=O)O)cc1. The molecular weight excluding hydrogens is 536 g/mol. The Morgan fingerprint density at radius 3 is 2.33 bits per heavy atom. The number of alkyl halides is 3. The van der Waals surface area contributed by atoms with Crippen LogP contribution in [0.2, 0.25) is 5.02 Å². The topological polar surface area (TPSA) is 70.6 Å². The monoisotopic (exact) mass is 566 g/mol. The molecule has 0 amide bonds. The second kappa shape index (κ2) is 13.7. The minimum absolute atomic E-state index is 0.0612. The Morgan fingerprint density at radius 1 is 1.05 bits per heavy atom. The molecule has 0 heterocycles. The lowest BCUT2D eigenvalue weighted by atomic mass is 9.99. The molecule has 210 valence electrons. The fraction of sp³-hybridized carbons (Fsp3) is 0.345. The minimum atomic E-state index is -4.54. The second-order valence-corrected chi connectivity index (χ2v) is 9.71. The van der Waals surface area contributed by atoms with Crippen molar-refractivity contribution in [3.63, 3.8) is 0 Å². The first-order valence-electron chi connectivity index (χ1n) is 12.6. The molecule has 0 saturated heterocycles. The minimum Gasteiger partial charge on any atom is -0.491 e. The van der Waals surface area contributed by atoms with Crippen molar-refractivity contribution in [1.82, 2.24) is 5.32 Å². The van der Waals surface area contributed by atoms with Crippen LogP contribution in [0.4, 0.5) is 23.2 Å². The average molecular weight is 567 g/mol. The van der Waals surface area contributed by atoms with Gasteiger partial charge in [-0.05, 0) is 47.9 Å². The highest BCUT2D eigenvalue weighted by Gasteiger charge is 2.31. The average Bonchev–Trinajstić information content (AvgIpc) is 2.89. The fourth-order valence-corrected chi connectivity index (χ4v) is 4.18. The molecule has 3 rings (SSSR count). The van der Waals surface area contributed by atoms with Crippen molar-refractivity contribution >= 4 is 23.3 Å². The number of nitrogens with one attached hydrogen (secondary N) is 2. The van der Waals surface area contributed by atoms with Crippen LogP contribution in [0, 0.1) is 11.7 Å². The van der Waals surface area contributed by atoms with Gasteiger partial charge >= 0.3 is 12.1 Å². The molecule has 0 spiro atoms. The first kappa shape index (κ1) is 30.2. The van der Waals surface area contributed by atoms with Crippen LogP contribution in [0.25, 0.3) is 11.1 Å². The van der Waals surface area contributed by atoms with E-state index in [1.807, 2.05) is 24.3 Å². The van der Waals surface area contributed by atoms with E-state index >= 15 is 0 Å². The third kappa shape index (κ3) is 8.86. The molecule has 0 aromatic heterocycles. The Hall–Kier alpha value is -3.30. The van der Waals surface area contributed by atoms with Crippen LogP contribution in [0.1, 0.15) is 37.8 Å². The van der Waals surface area contributed by atoms with Crippen molar-refractivity contribution in [3.8, 4) is 16.9 Å². The molecule has 3 aromatic rings. The van der Waals surface area contributed by atoms with E-state index in [4.69, 9.17) is 21.4 Å². The molecule has 0 radical (unpaired) electrons. The van der Waals surface area contributed by atoms with Crippen LogP contribution in [-0.2, 0) is 17.5 Å². The lowest BCUT2D eigenvalue weighted by Gasteiger charge is -2.26. The molecule has 5 nitrogen and oxygen atoms in total. The zero-order valence-corrected chi connectivity index (χ0v) is 22.4. The van der Waals surface area contributed by atoms with E-state index in [9.17, 15) is 22.4 Å². The summed E-state index contributed by atoms with van der Waals surface area (Å²) in [6.45, 7) is 5.35. The Labute approximate surface area is 230 Å². The van der Waals surface area contributed by atoms with Gasteiger partial charge in [-0.3, -0.25) is 4.79 Å². The highest BCUT2D eigenvalue weighted by atomic mass is 35.5. The Morgan fingerprint density at radius 2 is 1.74 bits per heavy atom. The largest absolute Gasteiger partial charge is 0.491 e. The molecule has 0 saturated carbocycles. The van der Waals surface area contributed by atoms with E-state index in [2.05, 4.69) is 24.5 Å². The zero-order chi connectivity index (χ0) is 28.6. The van der Waals surface area contributed by atoms with Crippen LogP contribution in [0.3, 0.4) is 0 Å². The number of hydrogen-bond donors (Lipinski definition) is 3. The fourth-order valence-electron chi connectivity index (χ4n) is 3.89. The van der Waals surface area contributed by atoms with E-state index in [1.165, 1.54) is 12.1 Å². The van der Waals surface area contributed by atoms with Gasteiger partial charge in [-0.15, -0.1) is 0 Å². The third-order valence-electron chi connectivity index (χ3n) is 6.44. The maximum atomic E-state index is 14.9. The standard InChI is InChI=1S/C29H31ClF4N2O3/c1-3-18(2)27(36-21-7-4-19(5-8-21)16-35-13-12-28(37)38)17-39-22-9-11-24(26(31)15-22)23-10-6-20(14-25(23)30)29(32,33)34/h4-11,14-15,18,27,35-36H,3,12-13,16-17H2,1-2H3,(H,37,38)/t18-,27+/m0/s1. The summed E-state index contributed by atoms with van der Waals surface area (Å²) in [5, 5.41) is 15.1. The quantitative estimate of drug-likeness (QED) is 0.146. The number of ether oxygens (including phenoxy) is 1. The first-order chi connectivity index (χ1) is 18.5. The van der Waals surface area contributed by atoms with Crippen molar-refractivity contribution in [2.75, 3.05) is 18.5 Å². The molecule has 3 N–H and O–H groups in total. The summed E-state index contributed by atoms with van der Waals surface area (Å²) in [7, 11) is 0. The van der Waals surface area contributed by atoms with Crippen molar-refractivity contribution < 1.29 is 32.2 Å². The van der Waals surface area contributed by atoms with Gasteiger partial charge in [0.2, 0.25) is 0 Å². The summed E-state index contributed by atoms with van der Waals surface area (Å²) in [4.78, 5) is 10.6. The van der Waals surface area contributed by atoms with Gasteiger partial charge in [0.1, 0.15) is 18.2 Å². The summed E-state index contributed by atoms with van der Waals surface area (Å²) in [5.41, 5.74) is 1.24. The van der Waals surface area contributed by atoms with Crippen LogP contribution < -0.4 is 15.4 Å². The number of hydrogen-bond acceptors (Lipinski definition) is 4. The van der Waals surface area contributed by atoms with Gasteiger partial charge in [-0.2, -0.15) is 13.2 Å².